The minimum absolute atomic E-state index is 0.0909. The molecule has 0 aliphatic carbocycles. The van der Waals surface area contributed by atoms with Crippen LogP contribution in [0.2, 0.25) is 0 Å². The normalized spacial score (nSPS) is 25.8. The van der Waals surface area contributed by atoms with Crippen LogP contribution in [0, 0.1) is 11.8 Å². The molecule has 31 heavy (non-hydrogen) atoms. The molecule has 3 atom stereocenters. The zero-order valence-electron chi connectivity index (χ0n) is 16.8. The Morgan fingerprint density at radius 1 is 1.16 bits per heavy atom. The van der Waals surface area contributed by atoms with E-state index < -0.39 is 29.4 Å². The van der Waals surface area contributed by atoms with Crippen molar-refractivity contribution >= 4 is 35.0 Å². The first-order valence-corrected chi connectivity index (χ1v) is 10.9. The van der Waals surface area contributed by atoms with Crippen LogP contribution in [0.1, 0.15) is 41.6 Å². The standard InChI is InChI=1S/C21H23ClF3N3O3/c22-8-18(29)26-16-6-13(5-15(7-16)21(23,24)25)20(31)27-9-12-4-14(11-27)17-2-1-3-19(30)28(17)10-12/h5-7,12,14,17H,1-4,8-11H2,(H,26,29)/t12-,14+,17-/m0/s1. The van der Waals surface area contributed by atoms with Crippen LogP contribution in [0.25, 0.3) is 0 Å². The first-order chi connectivity index (χ1) is 14.7. The van der Waals surface area contributed by atoms with Gasteiger partial charge in [-0.3, -0.25) is 14.4 Å². The van der Waals surface area contributed by atoms with E-state index in [1.54, 1.807) is 4.90 Å². The highest BCUT2D eigenvalue weighted by Crippen LogP contribution is 2.39. The van der Waals surface area contributed by atoms with Crippen molar-refractivity contribution in [3.63, 3.8) is 0 Å². The van der Waals surface area contributed by atoms with Gasteiger partial charge in [-0.1, -0.05) is 0 Å². The Kier molecular flexibility index (Phi) is 5.89. The van der Waals surface area contributed by atoms with Gasteiger partial charge in [-0.2, -0.15) is 13.2 Å². The molecule has 0 radical (unpaired) electrons. The van der Waals surface area contributed by atoms with E-state index in [1.807, 2.05) is 4.90 Å². The number of carbonyl (C=O) groups is 3. The average Bonchev–Trinajstić information content (AvgIpc) is 2.73. The lowest BCUT2D eigenvalue weighted by Gasteiger charge is -2.52. The maximum Gasteiger partial charge on any atom is 0.416 e. The third kappa shape index (κ3) is 4.51. The highest BCUT2D eigenvalue weighted by Gasteiger charge is 2.45. The lowest BCUT2D eigenvalue weighted by Crippen LogP contribution is -2.61. The summed E-state index contributed by atoms with van der Waals surface area (Å²) >= 11 is 5.44. The molecule has 168 valence electrons. The van der Waals surface area contributed by atoms with E-state index >= 15 is 0 Å². The van der Waals surface area contributed by atoms with Crippen LogP contribution in [0.5, 0.6) is 0 Å². The van der Waals surface area contributed by atoms with E-state index in [0.717, 1.165) is 31.4 Å². The van der Waals surface area contributed by atoms with E-state index in [4.69, 9.17) is 11.6 Å². The van der Waals surface area contributed by atoms with Crippen molar-refractivity contribution in [1.29, 1.82) is 0 Å². The van der Waals surface area contributed by atoms with Crippen molar-refractivity contribution in [3.05, 3.63) is 29.3 Å². The van der Waals surface area contributed by atoms with Gasteiger partial charge in [0, 0.05) is 43.3 Å². The Hall–Kier alpha value is -2.29. The number of fused-ring (bicyclic) bond motifs is 4. The molecule has 10 heteroatoms. The largest absolute Gasteiger partial charge is 0.416 e. The summed E-state index contributed by atoms with van der Waals surface area (Å²) in [6.07, 6.45) is -1.48. The molecule has 3 aliphatic heterocycles. The van der Waals surface area contributed by atoms with Crippen molar-refractivity contribution in [3.8, 4) is 0 Å². The van der Waals surface area contributed by atoms with E-state index in [9.17, 15) is 27.6 Å². The Labute approximate surface area is 182 Å². The van der Waals surface area contributed by atoms with Crippen molar-refractivity contribution in [2.45, 2.75) is 37.9 Å². The molecule has 3 aliphatic rings. The van der Waals surface area contributed by atoms with E-state index in [2.05, 4.69) is 5.32 Å². The maximum absolute atomic E-state index is 13.4. The second-order valence-electron chi connectivity index (χ2n) is 8.56. The third-order valence-electron chi connectivity index (χ3n) is 6.38. The van der Waals surface area contributed by atoms with Crippen molar-refractivity contribution in [2.75, 3.05) is 30.8 Å². The van der Waals surface area contributed by atoms with E-state index in [0.29, 0.717) is 26.1 Å². The Morgan fingerprint density at radius 3 is 2.65 bits per heavy atom. The van der Waals surface area contributed by atoms with Crippen LogP contribution >= 0.6 is 11.6 Å². The van der Waals surface area contributed by atoms with Gasteiger partial charge in [0.2, 0.25) is 11.8 Å². The predicted octanol–water partition coefficient (Wildman–Crippen LogP) is 3.36. The summed E-state index contributed by atoms with van der Waals surface area (Å²) in [5.74, 6) is -1.18. The molecule has 0 aromatic heterocycles. The van der Waals surface area contributed by atoms with E-state index in [1.165, 1.54) is 6.07 Å². The molecule has 4 rings (SSSR count). The predicted molar refractivity (Wildman–Crippen MR) is 108 cm³/mol. The van der Waals surface area contributed by atoms with Crippen LogP contribution in [-0.4, -0.2) is 59.1 Å². The average molecular weight is 458 g/mol. The topological polar surface area (TPSA) is 69.7 Å². The smallest absolute Gasteiger partial charge is 0.339 e. The number of likely N-dealkylation sites (tertiary alicyclic amines) is 1. The molecular weight excluding hydrogens is 435 g/mol. The van der Waals surface area contributed by atoms with Crippen LogP contribution in [0.4, 0.5) is 18.9 Å². The number of nitrogens with zero attached hydrogens (tertiary/aromatic N) is 2. The SMILES string of the molecule is O=C(CCl)Nc1cc(C(=O)N2C[C@@H]3C[C@H](C2)[C@@H]2CCCC(=O)N2C3)cc(C(F)(F)F)c1. The second kappa shape index (κ2) is 8.33. The Morgan fingerprint density at radius 2 is 1.94 bits per heavy atom. The molecular formula is C21H23ClF3N3O3. The van der Waals surface area contributed by atoms with Crippen molar-refractivity contribution < 1.29 is 27.6 Å². The molecule has 0 saturated carbocycles. The van der Waals surface area contributed by atoms with Gasteiger partial charge in [-0.15, -0.1) is 11.6 Å². The number of hydrogen-bond donors (Lipinski definition) is 1. The number of benzene rings is 1. The molecule has 0 spiro atoms. The zero-order valence-corrected chi connectivity index (χ0v) is 17.5. The van der Waals surface area contributed by atoms with Crippen molar-refractivity contribution in [1.82, 2.24) is 9.80 Å². The zero-order chi connectivity index (χ0) is 22.3. The third-order valence-corrected chi connectivity index (χ3v) is 6.62. The maximum atomic E-state index is 13.4. The lowest BCUT2D eigenvalue weighted by molar-refractivity contribution is -0.144. The minimum atomic E-state index is -4.67. The first kappa shape index (κ1) is 21.9. The van der Waals surface area contributed by atoms with Gasteiger partial charge < -0.3 is 15.1 Å². The monoisotopic (exact) mass is 457 g/mol. The Balaban J connectivity index is 1.58. The van der Waals surface area contributed by atoms with Crippen LogP contribution < -0.4 is 5.32 Å². The van der Waals surface area contributed by atoms with Gasteiger partial charge in [-0.25, -0.2) is 0 Å². The number of piperidine rings is 3. The molecule has 1 aromatic rings. The number of hydrogen-bond acceptors (Lipinski definition) is 3. The fourth-order valence-corrected chi connectivity index (χ4v) is 5.21. The number of anilines is 1. The molecule has 3 amide bonds. The summed E-state index contributed by atoms with van der Waals surface area (Å²) < 4.78 is 40.1. The highest BCUT2D eigenvalue weighted by atomic mass is 35.5. The summed E-state index contributed by atoms with van der Waals surface area (Å²) in [6, 6.07) is 2.95. The van der Waals surface area contributed by atoms with Crippen molar-refractivity contribution in [2.24, 2.45) is 11.8 Å². The number of nitrogens with one attached hydrogen (secondary N) is 1. The summed E-state index contributed by atoms with van der Waals surface area (Å²) in [5.41, 5.74) is -1.26. The molecule has 3 fully saturated rings. The summed E-state index contributed by atoms with van der Waals surface area (Å²) in [6.45, 7) is 1.39. The van der Waals surface area contributed by atoms with Gasteiger partial charge in [0.1, 0.15) is 5.88 Å². The molecule has 1 aromatic carbocycles. The van der Waals surface area contributed by atoms with Crippen LogP contribution in [0.15, 0.2) is 18.2 Å². The fourth-order valence-electron chi connectivity index (χ4n) is 5.14. The molecule has 3 heterocycles. The lowest BCUT2D eigenvalue weighted by atomic mass is 9.76. The summed E-state index contributed by atoms with van der Waals surface area (Å²) in [5, 5.41) is 2.30. The van der Waals surface area contributed by atoms with Crippen LogP contribution in [0.3, 0.4) is 0 Å². The second-order valence-corrected chi connectivity index (χ2v) is 8.82. The molecule has 0 unspecified atom stereocenters. The fraction of sp³-hybridized carbons (Fsp3) is 0.571. The van der Waals surface area contributed by atoms with Gasteiger partial charge in [0.15, 0.2) is 0 Å². The number of carbonyl (C=O) groups excluding carboxylic acids is 3. The Bertz CT molecular complexity index is 908. The number of alkyl halides is 4. The number of halogens is 4. The minimum Gasteiger partial charge on any atom is -0.339 e. The first-order valence-electron chi connectivity index (χ1n) is 10.3. The summed E-state index contributed by atoms with van der Waals surface area (Å²) in [4.78, 5) is 40.6. The summed E-state index contributed by atoms with van der Waals surface area (Å²) in [7, 11) is 0. The molecule has 1 N–H and O–H groups in total. The van der Waals surface area contributed by atoms with Gasteiger partial charge in [0.05, 0.1) is 5.56 Å². The molecule has 3 saturated heterocycles. The van der Waals surface area contributed by atoms with Crippen LogP contribution in [-0.2, 0) is 15.8 Å². The number of rotatable bonds is 3. The van der Waals surface area contributed by atoms with Gasteiger partial charge in [0.25, 0.3) is 5.91 Å². The molecule has 2 bridgehead atoms. The quantitative estimate of drug-likeness (QED) is 0.708. The van der Waals surface area contributed by atoms with Gasteiger partial charge >= 0.3 is 6.18 Å². The van der Waals surface area contributed by atoms with E-state index in [-0.39, 0.29) is 35.0 Å². The highest BCUT2D eigenvalue weighted by molar-refractivity contribution is 6.29. The molecule has 6 nitrogen and oxygen atoms in total. The van der Waals surface area contributed by atoms with Gasteiger partial charge in [-0.05, 0) is 49.3 Å². The number of amides is 3.